The Morgan fingerprint density at radius 1 is 1.06 bits per heavy atom. The van der Waals surface area contributed by atoms with Crippen LogP contribution >= 0.6 is 0 Å². The van der Waals surface area contributed by atoms with Gasteiger partial charge in [-0.05, 0) is 68.6 Å². The number of rotatable bonds is 3. The molecule has 34 heavy (non-hydrogen) atoms. The van der Waals surface area contributed by atoms with E-state index in [4.69, 9.17) is 4.74 Å². The van der Waals surface area contributed by atoms with Gasteiger partial charge in [0.05, 0.1) is 6.54 Å². The van der Waals surface area contributed by atoms with E-state index in [2.05, 4.69) is 20.8 Å². The molecular formula is C25H37N3O5S. The maximum atomic E-state index is 13.3. The lowest BCUT2D eigenvalue weighted by molar-refractivity contribution is 0.0404. The number of fused-ring (bicyclic) bond motifs is 2. The van der Waals surface area contributed by atoms with Crippen LogP contribution in [0.3, 0.4) is 0 Å². The van der Waals surface area contributed by atoms with Crippen molar-refractivity contribution in [2.75, 3.05) is 19.6 Å². The number of carbonyl (C=O) groups is 2. The van der Waals surface area contributed by atoms with Crippen molar-refractivity contribution in [2.45, 2.75) is 79.0 Å². The molecule has 2 aliphatic heterocycles. The molecule has 1 aromatic rings. The summed E-state index contributed by atoms with van der Waals surface area (Å²) in [6.07, 6.45) is 2.35. The molecule has 188 valence electrons. The highest BCUT2D eigenvalue weighted by Crippen LogP contribution is 2.52. The van der Waals surface area contributed by atoms with E-state index in [1.807, 2.05) is 4.90 Å². The largest absolute Gasteiger partial charge is 0.443 e. The maximum absolute atomic E-state index is 13.3. The number of likely N-dealkylation sites (tertiary alicyclic amines) is 1. The number of carbonyl (C=O) groups excluding carboxylic acids is 2. The van der Waals surface area contributed by atoms with Gasteiger partial charge in [-0.2, -0.15) is 17.0 Å². The standard InChI is InChI=1S/C25H37N3O5S/c1-23(2,3)33-22(30)28-12-11-26(34(28,31)32)15-18-7-9-19(10-8-18)21(29)27-17-25(6)14-20(27)13-24(4,5)16-25/h7-10,20H,11-17H2,1-6H3. The van der Waals surface area contributed by atoms with Gasteiger partial charge in [-0.15, -0.1) is 0 Å². The van der Waals surface area contributed by atoms with Crippen molar-refractivity contribution < 1.29 is 22.7 Å². The third-order valence-electron chi connectivity index (χ3n) is 6.99. The van der Waals surface area contributed by atoms with Gasteiger partial charge in [-0.25, -0.2) is 4.79 Å². The summed E-state index contributed by atoms with van der Waals surface area (Å²) < 4.78 is 33.0. The van der Waals surface area contributed by atoms with Gasteiger partial charge < -0.3 is 9.64 Å². The van der Waals surface area contributed by atoms with Crippen LogP contribution in [0.1, 0.15) is 76.7 Å². The van der Waals surface area contributed by atoms with Crippen molar-refractivity contribution in [1.29, 1.82) is 0 Å². The van der Waals surface area contributed by atoms with E-state index in [0.717, 1.165) is 35.7 Å². The van der Waals surface area contributed by atoms with Gasteiger partial charge in [0.15, 0.2) is 0 Å². The summed E-state index contributed by atoms with van der Waals surface area (Å²) in [5, 5.41) is 0. The molecule has 3 fully saturated rings. The van der Waals surface area contributed by atoms with Gasteiger partial charge in [-0.3, -0.25) is 4.79 Å². The van der Waals surface area contributed by atoms with Crippen LogP contribution in [0.2, 0.25) is 0 Å². The number of benzene rings is 1. The zero-order valence-electron chi connectivity index (χ0n) is 21.1. The molecule has 2 amide bonds. The summed E-state index contributed by atoms with van der Waals surface area (Å²) in [6.45, 7) is 13.1. The quantitative estimate of drug-likeness (QED) is 0.637. The first-order chi connectivity index (χ1) is 15.6. The molecule has 2 unspecified atom stereocenters. The zero-order valence-corrected chi connectivity index (χ0v) is 21.9. The second-order valence-corrected chi connectivity index (χ2v) is 14.1. The Balaban J connectivity index is 1.42. The van der Waals surface area contributed by atoms with Gasteiger partial charge in [0.1, 0.15) is 5.60 Å². The minimum Gasteiger partial charge on any atom is -0.443 e. The molecule has 0 aromatic heterocycles. The molecule has 2 bridgehead atoms. The van der Waals surface area contributed by atoms with Crippen LogP contribution < -0.4 is 0 Å². The molecule has 1 aromatic carbocycles. The first-order valence-corrected chi connectivity index (χ1v) is 13.4. The molecule has 2 saturated heterocycles. The molecule has 9 heteroatoms. The molecular weight excluding hydrogens is 454 g/mol. The molecule has 0 radical (unpaired) electrons. The Labute approximate surface area is 203 Å². The number of hydrogen-bond acceptors (Lipinski definition) is 5. The Morgan fingerprint density at radius 2 is 1.71 bits per heavy atom. The average molecular weight is 492 g/mol. The summed E-state index contributed by atoms with van der Waals surface area (Å²) in [5.41, 5.74) is 1.03. The van der Waals surface area contributed by atoms with Gasteiger partial charge in [-0.1, -0.05) is 32.9 Å². The van der Waals surface area contributed by atoms with Crippen LogP contribution in [0.15, 0.2) is 24.3 Å². The first kappa shape index (κ1) is 25.0. The summed E-state index contributed by atoms with van der Waals surface area (Å²) in [4.78, 5) is 27.6. The lowest BCUT2D eigenvalue weighted by atomic mass is 9.65. The van der Waals surface area contributed by atoms with Gasteiger partial charge in [0, 0.05) is 31.2 Å². The van der Waals surface area contributed by atoms with E-state index in [9.17, 15) is 18.0 Å². The van der Waals surface area contributed by atoms with Crippen molar-refractivity contribution in [3.05, 3.63) is 35.4 Å². The van der Waals surface area contributed by atoms with Crippen molar-refractivity contribution in [1.82, 2.24) is 13.5 Å². The molecule has 1 aliphatic carbocycles. The minimum absolute atomic E-state index is 0.0443. The summed E-state index contributed by atoms with van der Waals surface area (Å²) >= 11 is 0. The molecule has 3 aliphatic rings. The van der Waals surface area contributed by atoms with Crippen LogP contribution in [-0.2, 0) is 21.5 Å². The normalized spacial score (nSPS) is 28.2. The van der Waals surface area contributed by atoms with Crippen molar-refractivity contribution in [2.24, 2.45) is 10.8 Å². The molecule has 1 saturated carbocycles. The van der Waals surface area contributed by atoms with E-state index < -0.39 is 21.9 Å². The highest BCUT2D eigenvalue weighted by molar-refractivity contribution is 7.87. The molecule has 8 nitrogen and oxygen atoms in total. The number of hydrogen-bond donors (Lipinski definition) is 0. The lowest BCUT2D eigenvalue weighted by Crippen LogP contribution is -2.40. The fraction of sp³-hybridized carbons (Fsp3) is 0.680. The molecule has 0 spiro atoms. The van der Waals surface area contributed by atoms with E-state index >= 15 is 0 Å². The lowest BCUT2D eigenvalue weighted by Gasteiger charge is -2.39. The maximum Gasteiger partial charge on any atom is 0.425 e. The second-order valence-electron chi connectivity index (χ2n) is 12.2. The summed E-state index contributed by atoms with van der Waals surface area (Å²) in [7, 11) is -3.95. The van der Waals surface area contributed by atoms with Crippen molar-refractivity contribution in [3.8, 4) is 0 Å². The molecule has 4 rings (SSSR count). The van der Waals surface area contributed by atoms with Crippen LogP contribution in [0.25, 0.3) is 0 Å². The Bertz CT molecular complexity index is 1080. The third kappa shape index (κ3) is 4.96. The fourth-order valence-electron chi connectivity index (χ4n) is 6.05. The predicted octanol–water partition coefficient (Wildman–Crippen LogP) is 4.02. The summed E-state index contributed by atoms with van der Waals surface area (Å²) in [5.74, 6) is 0.0443. The molecule has 2 atom stereocenters. The Kier molecular flexibility index (Phi) is 6.04. The smallest absolute Gasteiger partial charge is 0.425 e. The van der Waals surface area contributed by atoms with Gasteiger partial charge in [0.25, 0.3) is 5.91 Å². The van der Waals surface area contributed by atoms with E-state index in [0.29, 0.717) is 5.56 Å². The van der Waals surface area contributed by atoms with Crippen LogP contribution in [-0.4, -0.2) is 65.2 Å². The highest BCUT2D eigenvalue weighted by Gasteiger charge is 2.51. The summed E-state index contributed by atoms with van der Waals surface area (Å²) in [6, 6.07) is 7.43. The van der Waals surface area contributed by atoms with E-state index in [1.165, 1.54) is 4.31 Å². The Hall–Kier alpha value is -2.13. The number of amides is 2. The van der Waals surface area contributed by atoms with Gasteiger partial charge >= 0.3 is 16.3 Å². The van der Waals surface area contributed by atoms with Gasteiger partial charge in [0.2, 0.25) is 0 Å². The first-order valence-electron chi connectivity index (χ1n) is 12.0. The second kappa shape index (κ2) is 8.22. The van der Waals surface area contributed by atoms with Crippen LogP contribution in [0.5, 0.6) is 0 Å². The molecule has 2 heterocycles. The average Bonchev–Trinajstić information content (AvgIpc) is 3.11. The van der Waals surface area contributed by atoms with Crippen molar-refractivity contribution >= 4 is 22.2 Å². The Morgan fingerprint density at radius 3 is 2.32 bits per heavy atom. The topological polar surface area (TPSA) is 87.2 Å². The van der Waals surface area contributed by atoms with Crippen LogP contribution in [0.4, 0.5) is 4.79 Å². The zero-order chi connectivity index (χ0) is 25.1. The monoisotopic (exact) mass is 491 g/mol. The highest BCUT2D eigenvalue weighted by atomic mass is 32.2. The van der Waals surface area contributed by atoms with Crippen LogP contribution in [0, 0.1) is 10.8 Å². The predicted molar refractivity (Wildman–Crippen MR) is 129 cm³/mol. The number of ether oxygens (including phenoxy) is 1. The molecule has 0 N–H and O–H groups in total. The third-order valence-corrected chi connectivity index (χ3v) is 8.84. The van der Waals surface area contributed by atoms with Crippen molar-refractivity contribution in [3.63, 3.8) is 0 Å². The fourth-order valence-corrected chi connectivity index (χ4v) is 7.49. The minimum atomic E-state index is -3.95. The SMILES string of the molecule is CC1(C)CC2CC(C)(CN2C(=O)c2ccc(CN3CCN(C(=O)OC(C)(C)C)S3(=O)=O)cc2)C1. The van der Waals surface area contributed by atoms with E-state index in [-0.39, 0.29) is 42.4 Å². The number of nitrogens with zero attached hydrogens (tertiary/aromatic N) is 3. The van der Waals surface area contributed by atoms with E-state index in [1.54, 1.807) is 45.0 Å².